The van der Waals surface area contributed by atoms with Crippen LogP contribution in [0.4, 0.5) is 5.69 Å². The van der Waals surface area contributed by atoms with E-state index in [-0.39, 0.29) is 18.0 Å². The van der Waals surface area contributed by atoms with Crippen molar-refractivity contribution in [3.8, 4) is 0 Å². The highest BCUT2D eigenvalue weighted by atomic mass is 32.2. The minimum absolute atomic E-state index is 0.228. The maximum atomic E-state index is 12.3. The third-order valence-electron chi connectivity index (χ3n) is 3.43. The van der Waals surface area contributed by atoms with Crippen molar-refractivity contribution in [3.05, 3.63) is 36.4 Å². The van der Waals surface area contributed by atoms with Gasteiger partial charge in [0.15, 0.2) is 0 Å². The number of anilines is 1. The number of fused-ring (bicyclic) bond motifs is 1. The number of nitrogens with zero attached hydrogens (tertiary/aromatic N) is 1. The van der Waals surface area contributed by atoms with Crippen molar-refractivity contribution in [1.29, 1.82) is 0 Å². The summed E-state index contributed by atoms with van der Waals surface area (Å²) >= 11 is -2.15. The molecule has 0 heterocycles. The molecule has 0 aromatic heterocycles. The van der Waals surface area contributed by atoms with Gasteiger partial charge in [-0.15, -0.1) is 0 Å². The molecule has 152 valence electrons. The highest BCUT2D eigenvalue weighted by Gasteiger charge is 2.17. The lowest BCUT2D eigenvalue weighted by Crippen LogP contribution is -2.29. The van der Waals surface area contributed by atoms with Gasteiger partial charge in [-0.25, -0.2) is 17.9 Å². The Morgan fingerprint density at radius 3 is 2.15 bits per heavy atom. The van der Waals surface area contributed by atoms with E-state index in [0.29, 0.717) is 18.5 Å². The minimum atomic E-state index is -3.54. The lowest BCUT2D eigenvalue weighted by molar-refractivity contribution is 0.523. The van der Waals surface area contributed by atoms with E-state index in [1.165, 1.54) is 0 Å². The molecule has 0 aliphatic heterocycles. The van der Waals surface area contributed by atoms with Crippen LogP contribution in [0, 0.1) is 0 Å². The Kier molecular flexibility index (Phi) is 9.80. The zero-order valence-corrected chi connectivity index (χ0v) is 17.0. The highest BCUT2D eigenvalue weighted by Crippen LogP contribution is 2.29. The van der Waals surface area contributed by atoms with Crippen LogP contribution in [-0.2, 0) is 21.3 Å². The molecule has 2 rings (SSSR count). The van der Waals surface area contributed by atoms with Crippen LogP contribution < -0.4 is 25.8 Å². The third kappa shape index (κ3) is 7.14. The summed E-state index contributed by atoms with van der Waals surface area (Å²) in [4.78, 5) is 2.25. The second-order valence-corrected chi connectivity index (χ2v) is 8.12. The fraction of sp³-hybridized carbons (Fsp3) is 0.375. The lowest BCUT2D eigenvalue weighted by Gasteiger charge is -2.17. The van der Waals surface area contributed by atoms with E-state index >= 15 is 0 Å². The first-order valence-electron chi connectivity index (χ1n) is 8.16. The van der Waals surface area contributed by atoms with Crippen LogP contribution in [0.5, 0.6) is 0 Å². The molecule has 2 aromatic carbocycles. The van der Waals surface area contributed by atoms with Gasteiger partial charge in [-0.2, -0.15) is 0 Å². The fourth-order valence-corrected chi connectivity index (χ4v) is 3.85. The van der Waals surface area contributed by atoms with E-state index in [0.717, 1.165) is 11.1 Å². The number of sulfonamides is 1. The summed E-state index contributed by atoms with van der Waals surface area (Å²) < 4.78 is 48.4. The molecule has 0 fully saturated rings. The summed E-state index contributed by atoms with van der Waals surface area (Å²) in [6.07, 6.45) is 0. The summed E-state index contributed by atoms with van der Waals surface area (Å²) in [5, 5.41) is 1.62. The van der Waals surface area contributed by atoms with Gasteiger partial charge in [0.05, 0.1) is 4.90 Å². The van der Waals surface area contributed by atoms with Crippen molar-refractivity contribution in [1.82, 2.24) is 9.44 Å². The van der Waals surface area contributed by atoms with Crippen molar-refractivity contribution in [2.75, 3.05) is 45.2 Å². The topological polar surface area (TPSA) is 154 Å². The molecule has 0 aliphatic rings. The number of nitrogens with two attached hydrogens (primary N) is 2. The molecule has 2 aromatic rings. The first-order valence-corrected chi connectivity index (χ1v) is 10.7. The minimum Gasteiger partial charge on any atom is -0.760 e. The number of benzene rings is 2. The molecule has 0 spiro atoms. The average molecular weight is 417 g/mol. The molecule has 27 heavy (non-hydrogen) atoms. The smallest absolute Gasteiger partial charge is 0.241 e. The third-order valence-corrected chi connectivity index (χ3v) is 5.39. The van der Waals surface area contributed by atoms with E-state index in [1.54, 1.807) is 12.1 Å². The van der Waals surface area contributed by atoms with Gasteiger partial charge in [-0.3, -0.25) is 4.21 Å². The largest absolute Gasteiger partial charge is 0.760 e. The summed E-state index contributed by atoms with van der Waals surface area (Å²) in [5.74, 6) is 0. The molecule has 1 atom stereocenters. The van der Waals surface area contributed by atoms with Gasteiger partial charge in [0.2, 0.25) is 10.0 Å². The second kappa shape index (κ2) is 11.3. The van der Waals surface area contributed by atoms with Crippen LogP contribution in [-0.4, -0.2) is 57.5 Å². The lowest BCUT2D eigenvalue weighted by atomic mass is 10.1. The molecule has 6 N–H and O–H groups in total. The number of hydrogen-bond acceptors (Lipinski definition) is 7. The van der Waals surface area contributed by atoms with Gasteiger partial charge in [0, 0.05) is 68.0 Å². The van der Waals surface area contributed by atoms with Gasteiger partial charge in [-0.1, -0.05) is 24.3 Å². The Hall–Kier alpha value is -1.60. The second-order valence-electron chi connectivity index (χ2n) is 5.63. The molecule has 0 saturated carbocycles. The summed E-state index contributed by atoms with van der Waals surface area (Å²) in [5.41, 5.74) is 11.3. The van der Waals surface area contributed by atoms with E-state index in [1.807, 2.05) is 43.3 Å². The van der Waals surface area contributed by atoms with Crippen molar-refractivity contribution in [2.24, 2.45) is 11.5 Å². The highest BCUT2D eigenvalue weighted by molar-refractivity contribution is 7.89. The standard InChI is InChI=1S/C14H19N3O2S.C2H8N2O2S/c1-17(2)13-7-3-6-12-11(13)5-4-8-14(12)20(18,19)16-10-9-15;3-1-2-4-7(5)6/h3-8,16H,9-10,15H2,1-2H3;4H,1-3H2,(H,5,6)/p-1. The molecular weight excluding hydrogens is 390 g/mol. The molecule has 0 bridgehead atoms. The van der Waals surface area contributed by atoms with Crippen LogP contribution in [0.3, 0.4) is 0 Å². The molecule has 11 heteroatoms. The van der Waals surface area contributed by atoms with Gasteiger partial charge in [0.25, 0.3) is 0 Å². The van der Waals surface area contributed by atoms with Crippen LogP contribution in [0.2, 0.25) is 0 Å². The van der Waals surface area contributed by atoms with Crippen LogP contribution in [0.1, 0.15) is 0 Å². The Balaban J connectivity index is 0.000000445. The Labute approximate surface area is 162 Å². The zero-order chi connectivity index (χ0) is 20.4. The van der Waals surface area contributed by atoms with E-state index < -0.39 is 21.3 Å². The fourth-order valence-electron chi connectivity index (χ4n) is 2.30. The van der Waals surface area contributed by atoms with Crippen molar-refractivity contribution >= 4 is 37.7 Å². The molecule has 0 aliphatic carbocycles. The average Bonchev–Trinajstić information content (AvgIpc) is 2.64. The molecule has 1 unspecified atom stereocenters. The first kappa shape index (κ1) is 23.4. The molecule has 0 saturated heterocycles. The Morgan fingerprint density at radius 2 is 1.63 bits per heavy atom. The maximum absolute atomic E-state index is 12.3. The van der Waals surface area contributed by atoms with Gasteiger partial charge in [-0.05, 0) is 12.1 Å². The molecule has 0 amide bonds. The molecule has 0 radical (unpaired) electrons. The van der Waals surface area contributed by atoms with Crippen molar-refractivity contribution in [3.63, 3.8) is 0 Å². The van der Waals surface area contributed by atoms with Crippen LogP contribution in [0.25, 0.3) is 10.8 Å². The molecular formula is C16H26N5O4S2-. The number of hydrogen-bond donors (Lipinski definition) is 4. The summed E-state index contributed by atoms with van der Waals surface area (Å²) in [6, 6.07) is 10.9. The maximum Gasteiger partial charge on any atom is 0.241 e. The van der Waals surface area contributed by atoms with E-state index in [2.05, 4.69) is 9.44 Å². The van der Waals surface area contributed by atoms with Crippen LogP contribution >= 0.6 is 0 Å². The summed E-state index contributed by atoms with van der Waals surface area (Å²) in [7, 11) is 0.326. The number of rotatable bonds is 8. The first-order chi connectivity index (χ1) is 12.7. The van der Waals surface area contributed by atoms with E-state index in [9.17, 15) is 17.2 Å². The van der Waals surface area contributed by atoms with Gasteiger partial charge in [0.1, 0.15) is 0 Å². The molecule has 9 nitrogen and oxygen atoms in total. The predicted octanol–water partition coefficient (Wildman–Crippen LogP) is -0.528. The van der Waals surface area contributed by atoms with E-state index in [4.69, 9.17) is 11.5 Å². The summed E-state index contributed by atoms with van der Waals surface area (Å²) in [6.45, 7) is 1.16. The number of nitrogens with one attached hydrogen (secondary N) is 2. The monoisotopic (exact) mass is 416 g/mol. The Bertz CT molecular complexity index is 859. The van der Waals surface area contributed by atoms with Crippen molar-refractivity contribution < 1.29 is 17.2 Å². The quantitative estimate of drug-likeness (QED) is 0.422. The predicted molar refractivity (Wildman–Crippen MR) is 108 cm³/mol. The van der Waals surface area contributed by atoms with Gasteiger partial charge >= 0.3 is 0 Å². The SMILES string of the molecule is CN(C)c1cccc2c(S(=O)(=O)NCCN)cccc12.NCCNS(=O)[O-]. The van der Waals surface area contributed by atoms with Crippen LogP contribution in [0.15, 0.2) is 41.3 Å². The normalized spacial score (nSPS) is 12.3. The van der Waals surface area contributed by atoms with Crippen molar-refractivity contribution in [2.45, 2.75) is 4.90 Å². The Morgan fingerprint density at radius 1 is 1.04 bits per heavy atom. The van der Waals surface area contributed by atoms with Gasteiger partial charge < -0.3 is 20.9 Å². The zero-order valence-electron chi connectivity index (χ0n) is 15.3.